The molecule has 0 unspecified atom stereocenters. The molecule has 1 rings (SSSR count). The second-order valence-electron chi connectivity index (χ2n) is 3.36. The highest BCUT2D eigenvalue weighted by Gasteiger charge is 2.10. The second-order valence-corrected chi connectivity index (χ2v) is 3.36. The van der Waals surface area contributed by atoms with E-state index in [1.807, 2.05) is 30.3 Å². The van der Waals surface area contributed by atoms with Gasteiger partial charge in [0.2, 0.25) is 0 Å². The minimum absolute atomic E-state index is 0.264. The lowest BCUT2D eigenvalue weighted by Crippen LogP contribution is -2.37. The third kappa shape index (κ3) is 4.31. The van der Waals surface area contributed by atoms with Crippen LogP contribution in [0.5, 0.6) is 5.75 Å². The van der Waals surface area contributed by atoms with Gasteiger partial charge < -0.3 is 14.8 Å². The van der Waals surface area contributed by atoms with Crippen molar-refractivity contribution >= 4 is 5.97 Å². The minimum Gasteiger partial charge on any atom is -0.492 e. The Morgan fingerprint density at radius 3 is 2.69 bits per heavy atom. The summed E-state index contributed by atoms with van der Waals surface area (Å²) in [5.41, 5.74) is 0. The van der Waals surface area contributed by atoms with Crippen molar-refractivity contribution in [2.75, 3.05) is 20.3 Å². The molecule has 0 radical (unpaired) electrons. The third-order valence-electron chi connectivity index (χ3n) is 2.12. The smallest absolute Gasteiger partial charge is 0.322 e. The summed E-state index contributed by atoms with van der Waals surface area (Å²) in [6, 6.07) is 9.25. The minimum atomic E-state index is -0.302. The molecule has 0 amide bonds. The van der Waals surface area contributed by atoms with Crippen molar-refractivity contribution in [3.8, 4) is 5.75 Å². The molecule has 1 N–H and O–H groups in total. The molecule has 16 heavy (non-hydrogen) atoms. The van der Waals surface area contributed by atoms with Crippen LogP contribution in [-0.2, 0) is 9.53 Å². The molecular formula is C12H17NO3. The van der Waals surface area contributed by atoms with Crippen LogP contribution in [0.1, 0.15) is 6.92 Å². The van der Waals surface area contributed by atoms with Crippen molar-refractivity contribution in [3.05, 3.63) is 30.3 Å². The number of hydrogen-bond acceptors (Lipinski definition) is 4. The first-order valence-electron chi connectivity index (χ1n) is 5.23. The highest BCUT2D eigenvalue weighted by Crippen LogP contribution is 2.07. The van der Waals surface area contributed by atoms with Crippen LogP contribution in [0.25, 0.3) is 0 Å². The largest absolute Gasteiger partial charge is 0.492 e. The molecule has 88 valence electrons. The fourth-order valence-corrected chi connectivity index (χ4v) is 1.22. The van der Waals surface area contributed by atoms with Crippen LogP contribution in [0.3, 0.4) is 0 Å². The summed E-state index contributed by atoms with van der Waals surface area (Å²) in [6.45, 7) is 2.88. The van der Waals surface area contributed by atoms with Crippen molar-refractivity contribution in [1.82, 2.24) is 5.32 Å². The van der Waals surface area contributed by atoms with Gasteiger partial charge in [0, 0.05) is 6.54 Å². The van der Waals surface area contributed by atoms with E-state index in [0.717, 1.165) is 5.75 Å². The lowest BCUT2D eigenvalue weighted by atomic mass is 10.3. The lowest BCUT2D eigenvalue weighted by molar-refractivity contribution is -0.142. The summed E-state index contributed by atoms with van der Waals surface area (Å²) in [4.78, 5) is 11.1. The summed E-state index contributed by atoms with van der Waals surface area (Å²) in [5, 5.41) is 3.00. The van der Waals surface area contributed by atoms with Gasteiger partial charge in [-0.3, -0.25) is 4.79 Å². The zero-order chi connectivity index (χ0) is 11.8. The van der Waals surface area contributed by atoms with Gasteiger partial charge >= 0.3 is 5.97 Å². The van der Waals surface area contributed by atoms with E-state index in [1.165, 1.54) is 7.11 Å². The molecule has 4 heteroatoms. The Kier molecular flexibility index (Phi) is 5.36. The molecule has 0 fully saturated rings. The number of ether oxygens (including phenoxy) is 2. The molecule has 4 nitrogen and oxygen atoms in total. The first-order chi connectivity index (χ1) is 7.74. The molecular weight excluding hydrogens is 206 g/mol. The summed E-state index contributed by atoms with van der Waals surface area (Å²) in [5.74, 6) is 0.565. The van der Waals surface area contributed by atoms with E-state index < -0.39 is 0 Å². The fraction of sp³-hybridized carbons (Fsp3) is 0.417. The number of hydrogen-bond donors (Lipinski definition) is 1. The van der Waals surface area contributed by atoms with Gasteiger partial charge in [0.25, 0.3) is 0 Å². The molecule has 0 bridgehead atoms. The van der Waals surface area contributed by atoms with E-state index in [0.29, 0.717) is 13.2 Å². The van der Waals surface area contributed by atoms with E-state index in [2.05, 4.69) is 10.1 Å². The molecule has 0 aliphatic carbocycles. The Morgan fingerprint density at radius 1 is 1.38 bits per heavy atom. The number of nitrogens with one attached hydrogen (secondary N) is 1. The standard InChI is InChI=1S/C12H17NO3/c1-10(12(14)15-2)13-8-9-16-11-6-4-3-5-7-11/h3-7,10,13H,8-9H2,1-2H3/t10-/m0/s1. The topological polar surface area (TPSA) is 47.6 Å². The Hall–Kier alpha value is -1.55. The third-order valence-corrected chi connectivity index (χ3v) is 2.12. The average molecular weight is 223 g/mol. The van der Waals surface area contributed by atoms with Crippen LogP contribution in [0.2, 0.25) is 0 Å². The maximum Gasteiger partial charge on any atom is 0.322 e. The Labute approximate surface area is 95.6 Å². The summed E-state index contributed by atoms with van der Waals surface area (Å²) >= 11 is 0. The van der Waals surface area contributed by atoms with Crippen LogP contribution in [0.15, 0.2) is 30.3 Å². The molecule has 0 saturated carbocycles. The molecule has 0 aliphatic heterocycles. The van der Waals surface area contributed by atoms with Crippen LogP contribution in [-0.4, -0.2) is 32.3 Å². The number of benzene rings is 1. The van der Waals surface area contributed by atoms with Crippen molar-refractivity contribution in [1.29, 1.82) is 0 Å². The summed E-state index contributed by atoms with van der Waals surface area (Å²) in [6.07, 6.45) is 0. The van der Waals surface area contributed by atoms with E-state index in [1.54, 1.807) is 6.92 Å². The molecule has 0 aliphatic rings. The molecule has 1 aromatic carbocycles. The Morgan fingerprint density at radius 2 is 2.06 bits per heavy atom. The lowest BCUT2D eigenvalue weighted by Gasteiger charge is -2.11. The number of rotatable bonds is 6. The van der Waals surface area contributed by atoms with E-state index in [-0.39, 0.29) is 12.0 Å². The van der Waals surface area contributed by atoms with Gasteiger partial charge in [0.15, 0.2) is 0 Å². The van der Waals surface area contributed by atoms with Gasteiger partial charge in [0.05, 0.1) is 7.11 Å². The molecule has 0 heterocycles. The van der Waals surface area contributed by atoms with E-state index in [4.69, 9.17) is 4.74 Å². The zero-order valence-electron chi connectivity index (χ0n) is 9.60. The molecule has 0 aromatic heterocycles. The highest BCUT2D eigenvalue weighted by molar-refractivity contribution is 5.75. The predicted molar refractivity (Wildman–Crippen MR) is 61.4 cm³/mol. The maximum absolute atomic E-state index is 11.1. The summed E-state index contributed by atoms with van der Waals surface area (Å²) in [7, 11) is 1.38. The number of carbonyl (C=O) groups excluding carboxylic acids is 1. The monoisotopic (exact) mass is 223 g/mol. The predicted octanol–water partition coefficient (Wildman–Crippen LogP) is 1.22. The molecule has 0 spiro atoms. The van der Waals surface area contributed by atoms with Crippen LogP contribution in [0.4, 0.5) is 0 Å². The van der Waals surface area contributed by atoms with Crippen molar-refractivity contribution in [2.24, 2.45) is 0 Å². The Bertz CT molecular complexity index is 313. The first-order valence-corrected chi connectivity index (χ1v) is 5.23. The molecule has 1 aromatic rings. The summed E-state index contributed by atoms with van der Waals surface area (Å²) < 4.78 is 10.0. The van der Waals surface area contributed by atoms with Gasteiger partial charge in [-0.1, -0.05) is 18.2 Å². The van der Waals surface area contributed by atoms with Crippen LogP contribution >= 0.6 is 0 Å². The van der Waals surface area contributed by atoms with Crippen LogP contribution < -0.4 is 10.1 Å². The highest BCUT2D eigenvalue weighted by atomic mass is 16.5. The number of methoxy groups -OCH3 is 1. The normalized spacial score (nSPS) is 11.9. The molecule has 1 atom stereocenters. The fourth-order valence-electron chi connectivity index (χ4n) is 1.22. The van der Waals surface area contributed by atoms with Crippen LogP contribution in [0, 0.1) is 0 Å². The maximum atomic E-state index is 11.1. The average Bonchev–Trinajstić information content (AvgIpc) is 2.34. The number of esters is 1. The van der Waals surface area contributed by atoms with Crippen molar-refractivity contribution < 1.29 is 14.3 Å². The van der Waals surface area contributed by atoms with E-state index in [9.17, 15) is 4.79 Å². The van der Waals surface area contributed by atoms with Gasteiger partial charge in [-0.05, 0) is 19.1 Å². The van der Waals surface area contributed by atoms with Gasteiger partial charge in [0.1, 0.15) is 18.4 Å². The zero-order valence-corrected chi connectivity index (χ0v) is 9.60. The Balaban J connectivity index is 2.15. The number of carbonyl (C=O) groups is 1. The second kappa shape index (κ2) is 6.85. The van der Waals surface area contributed by atoms with Gasteiger partial charge in [-0.2, -0.15) is 0 Å². The number of para-hydroxylation sites is 1. The van der Waals surface area contributed by atoms with Gasteiger partial charge in [-0.25, -0.2) is 0 Å². The quantitative estimate of drug-likeness (QED) is 0.582. The SMILES string of the molecule is COC(=O)[C@H](C)NCCOc1ccccc1. The molecule has 0 saturated heterocycles. The van der Waals surface area contributed by atoms with Crippen molar-refractivity contribution in [2.45, 2.75) is 13.0 Å². The van der Waals surface area contributed by atoms with E-state index >= 15 is 0 Å². The van der Waals surface area contributed by atoms with Crippen molar-refractivity contribution in [3.63, 3.8) is 0 Å². The van der Waals surface area contributed by atoms with Gasteiger partial charge in [-0.15, -0.1) is 0 Å². The first kappa shape index (κ1) is 12.5.